The molecule has 0 aromatic heterocycles. The van der Waals surface area contributed by atoms with Crippen molar-refractivity contribution in [1.29, 1.82) is 0 Å². The second-order valence-electron chi connectivity index (χ2n) is 4.49. The highest BCUT2D eigenvalue weighted by Crippen LogP contribution is 2.49. The molecule has 1 aliphatic rings. The van der Waals surface area contributed by atoms with Crippen LogP contribution < -0.4 is 0 Å². The third kappa shape index (κ3) is 2.53. The molecule has 98 valence electrons. The van der Waals surface area contributed by atoms with Crippen molar-refractivity contribution in [3.63, 3.8) is 0 Å². The fourth-order valence-electron chi connectivity index (χ4n) is 2.25. The minimum atomic E-state index is -0.289. The fraction of sp³-hybridized carbons (Fsp3) is 0.500. The van der Waals surface area contributed by atoms with Gasteiger partial charge in [-0.1, -0.05) is 18.2 Å². The van der Waals surface area contributed by atoms with Crippen LogP contribution in [-0.4, -0.2) is 24.3 Å². The summed E-state index contributed by atoms with van der Waals surface area (Å²) in [6, 6.07) is 5.14. The van der Waals surface area contributed by atoms with Gasteiger partial charge in [-0.05, 0) is 30.9 Å². The highest BCUT2D eigenvalue weighted by Gasteiger charge is 2.46. The first-order valence-electron chi connectivity index (χ1n) is 6.23. The van der Waals surface area contributed by atoms with Crippen molar-refractivity contribution in [3.8, 4) is 0 Å². The molecule has 2 atom stereocenters. The Kier molecular flexibility index (Phi) is 3.97. The van der Waals surface area contributed by atoms with Crippen molar-refractivity contribution in [1.82, 2.24) is 0 Å². The van der Waals surface area contributed by atoms with Crippen molar-refractivity contribution < 1.29 is 19.0 Å². The van der Waals surface area contributed by atoms with Gasteiger partial charge in [0.15, 0.2) is 0 Å². The highest BCUT2D eigenvalue weighted by molar-refractivity contribution is 5.77. The van der Waals surface area contributed by atoms with Crippen LogP contribution in [0.3, 0.4) is 0 Å². The molecular weight excluding hydrogens is 235 g/mol. The number of rotatable bonds is 5. The summed E-state index contributed by atoms with van der Waals surface area (Å²) >= 11 is 0. The summed E-state index contributed by atoms with van der Waals surface area (Å²) in [6.07, 6.45) is 0.953. The maximum atomic E-state index is 14.1. The van der Waals surface area contributed by atoms with Crippen LogP contribution in [0, 0.1) is 11.7 Å². The predicted molar refractivity (Wildman–Crippen MR) is 64.7 cm³/mol. The third-order valence-corrected chi connectivity index (χ3v) is 3.27. The summed E-state index contributed by atoms with van der Waals surface area (Å²) in [4.78, 5) is 11.5. The Bertz CT molecular complexity index is 445. The van der Waals surface area contributed by atoms with Crippen molar-refractivity contribution in [2.75, 3.05) is 13.2 Å². The molecule has 0 bridgehead atoms. The summed E-state index contributed by atoms with van der Waals surface area (Å²) in [5, 5.41) is 8.86. The SMILES string of the molecule is CCOC(=O)C1CC1c1cccc(CCO)c1F. The first kappa shape index (κ1) is 13.0. The molecule has 0 spiro atoms. The maximum absolute atomic E-state index is 14.1. The lowest BCUT2D eigenvalue weighted by molar-refractivity contribution is -0.144. The number of aliphatic hydroxyl groups is 1. The second-order valence-corrected chi connectivity index (χ2v) is 4.49. The molecule has 0 saturated heterocycles. The quantitative estimate of drug-likeness (QED) is 0.816. The van der Waals surface area contributed by atoms with Crippen molar-refractivity contribution in [2.24, 2.45) is 5.92 Å². The van der Waals surface area contributed by atoms with Gasteiger partial charge < -0.3 is 9.84 Å². The Morgan fingerprint density at radius 3 is 3.00 bits per heavy atom. The average Bonchev–Trinajstić information content (AvgIpc) is 3.12. The Balaban J connectivity index is 2.11. The number of ether oxygens (including phenoxy) is 1. The molecule has 1 aliphatic carbocycles. The van der Waals surface area contributed by atoms with E-state index in [4.69, 9.17) is 9.84 Å². The van der Waals surface area contributed by atoms with E-state index in [-0.39, 0.29) is 30.2 Å². The fourth-order valence-corrected chi connectivity index (χ4v) is 2.25. The summed E-state index contributed by atoms with van der Waals surface area (Å²) in [5.41, 5.74) is 1.07. The van der Waals surface area contributed by atoms with Crippen molar-refractivity contribution in [2.45, 2.75) is 25.7 Å². The molecule has 1 N–H and O–H groups in total. The standard InChI is InChI=1S/C14H17FO3/c1-2-18-14(17)12-8-11(12)10-5-3-4-9(6-7-16)13(10)15/h3-5,11-12,16H,2,6-8H2,1H3. The van der Waals surface area contributed by atoms with Crippen LogP contribution in [0.5, 0.6) is 0 Å². The van der Waals surface area contributed by atoms with E-state index in [0.29, 0.717) is 30.6 Å². The zero-order chi connectivity index (χ0) is 13.1. The predicted octanol–water partition coefficient (Wildman–Crippen LogP) is 2.03. The number of hydrogen-bond acceptors (Lipinski definition) is 3. The molecule has 4 heteroatoms. The Morgan fingerprint density at radius 1 is 1.56 bits per heavy atom. The molecule has 2 unspecified atom stereocenters. The highest BCUT2D eigenvalue weighted by atomic mass is 19.1. The summed E-state index contributed by atoms with van der Waals surface area (Å²) in [6.45, 7) is 2.04. The molecule has 2 rings (SSSR count). The Morgan fingerprint density at radius 2 is 2.33 bits per heavy atom. The van der Waals surface area contributed by atoms with Crippen LogP contribution in [0.15, 0.2) is 18.2 Å². The summed E-state index contributed by atoms with van der Waals surface area (Å²) in [7, 11) is 0. The molecule has 18 heavy (non-hydrogen) atoms. The molecule has 1 aromatic carbocycles. The van der Waals surface area contributed by atoms with Gasteiger partial charge in [-0.3, -0.25) is 4.79 Å². The lowest BCUT2D eigenvalue weighted by atomic mass is 10.0. The number of aliphatic hydroxyl groups excluding tert-OH is 1. The van der Waals surface area contributed by atoms with Gasteiger partial charge in [0, 0.05) is 12.5 Å². The number of benzene rings is 1. The number of halogens is 1. The van der Waals surface area contributed by atoms with E-state index >= 15 is 0 Å². The van der Waals surface area contributed by atoms with Crippen molar-refractivity contribution >= 4 is 5.97 Å². The van der Waals surface area contributed by atoms with Gasteiger partial charge in [0.1, 0.15) is 5.82 Å². The molecule has 0 radical (unpaired) electrons. The molecule has 0 amide bonds. The van der Waals surface area contributed by atoms with E-state index in [0.717, 1.165) is 0 Å². The first-order chi connectivity index (χ1) is 8.69. The topological polar surface area (TPSA) is 46.5 Å². The van der Waals surface area contributed by atoms with Crippen LogP contribution in [0.1, 0.15) is 30.4 Å². The van der Waals surface area contributed by atoms with Crippen LogP contribution in [-0.2, 0) is 16.0 Å². The van der Waals surface area contributed by atoms with Gasteiger partial charge in [0.25, 0.3) is 0 Å². The van der Waals surface area contributed by atoms with Crippen LogP contribution in [0.2, 0.25) is 0 Å². The third-order valence-electron chi connectivity index (χ3n) is 3.27. The molecule has 1 aromatic rings. The minimum absolute atomic E-state index is 0.0670. The van der Waals surface area contributed by atoms with E-state index in [9.17, 15) is 9.18 Å². The zero-order valence-electron chi connectivity index (χ0n) is 10.4. The van der Waals surface area contributed by atoms with Gasteiger partial charge in [-0.2, -0.15) is 0 Å². The number of carbonyl (C=O) groups is 1. The smallest absolute Gasteiger partial charge is 0.309 e. The average molecular weight is 252 g/mol. The largest absolute Gasteiger partial charge is 0.466 e. The van der Waals surface area contributed by atoms with Crippen molar-refractivity contribution in [3.05, 3.63) is 35.1 Å². The number of esters is 1. The van der Waals surface area contributed by atoms with E-state index in [1.165, 1.54) is 0 Å². The summed E-state index contributed by atoms with van der Waals surface area (Å²) < 4.78 is 19.0. The Hall–Kier alpha value is -1.42. The number of hydrogen-bond donors (Lipinski definition) is 1. The number of carbonyl (C=O) groups excluding carboxylic acids is 1. The molecule has 1 fully saturated rings. The van der Waals surface area contributed by atoms with Crippen LogP contribution >= 0.6 is 0 Å². The second kappa shape index (κ2) is 5.48. The lowest BCUT2D eigenvalue weighted by Gasteiger charge is -2.07. The molecular formula is C14H17FO3. The van der Waals surface area contributed by atoms with Gasteiger partial charge >= 0.3 is 5.97 Å². The van der Waals surface area contributed by atoms with Gasteiger partial charge in [0.05, 0.1) is 12.5 Å². The minimum Gasteiger partial charge on any atom is -0.466 e. The van der Waals surface area contributed by atoms with Gasteiger partial charge in [0.2, 0.25) is 0 Å². The molecule has 3 nitrogen and oxygen atoms in total. The van der Waals surface area contributed by atoms with Crippen LogP contribution in [0.4, 0.5) is 4.39 Å². The first-order valence-corrected chi connectivity index (χ1v) is 6.23. The van der Waals surface area contributed by atoms with E-state index in [2.05, 4.69) is 0 Å². The molecule has 0 aliphatic heterocycles. The molecule has 0 heterocycles. The maximum Gasteiger partial charge on any atom is 0.309 e. The van der Waals surface area contributed by atoms with E-state index in [1.807, 2.05) is 0 Å². The molecule has 1 saturated carbocycles. The Labute approximate surface area is 106 Å². The normalized spacial score (nSPS) is 21.7. The lowest BCUT2D eigenvalue weighted by Crippen LogP contribution is -2.08. The van der Waals surface area contributed by atoms with Gasteiger partial charge in [-0.15, -0.1) is 0 Å². The monoisotopic (exact) mass is 252 g/mol. The summed E-state index contributed by atoms with van der Waals surface area (Å²) in [5.74, 6) is -0.802. The van der Waals surface area contributed by atoms with Crippen LogP contribution in [0.25, 0.3) is 0 Å². The van der Waals surface area contributed by atoms with E-state index < -0.39 is 0 Å². The van der Waals surface area contributed by atoms with E-state index in [1.54, 1.807) is 25.1 Å². The zero-order valence-corrected chi connectivity index (χ0v) is 10.4. The van der Waals surface area contributed by atoms with Gasteiger partial charge in [-0.25, -0.2) is 4.39 Å².